The Morgan fingerprint density at radius 3 is 2.21 bits per heavy atom. The summed E-state index contributed by atoms with van der Waals surface area (Å²) in [5.74, 6) is -0.738. The molecule has 0 unspecified atom stereocenters. The molecular formula is C32H37F3N2O5S. The fraction of sp³-hybridized carbons (Fsp3) is 0.406. The van der Waals surface area contributed by atoms with E-state index in [9.17, 15) is 36.6 Å². The standard InChI is InChI=1S/C32H37F3N2O5S/c1-20-11-24(9-10-29(20)30(39)40)25-14-26(32(33,34)35)16-28(15-25)43(41,42)37(4)19-27(38)18-36-31(2,3)17-21-12-22-7-5-6-8-23(22)13-21/h5-11,14-16,21,27,36,38H,12-13,17-19H2,1-4H3,(H,39,40)/t27-/m1/s1. The van der Waals surface area contributed by atoms with Gasteiger partial charge in [0.15, 0.2) is 0 Å². The number of benzene rings is 3. The second kappa shape index (κ2) is 12.4. The average Bonchev–Trinajstić information content (AvgIpc) is 3.32. The number of sulfonamides is 1. The minimum absolute atomic E-state index is 0.0117. The van der Waals surface area contributed by atoms with Gasteiger partial charge in [-0.05, 0) is 98.0 Å². The Balaban J connectivity index is 1.47. The maximum Gasteiger partial charge on any atom is 0.416 e. The Kier molecular flexibility index (Phi) is 9.41. The van der Waals surface area contributed by atoms with Crippen molar-refractivity contribution in [3.05, 3.63) is 88.5 Å². The number of likely N-dealkylation sites (N-methyl/N-ethyl adjacent to an activating group) is 1. The van der Waals surface area contributed by atoms with Crippen LogP contribution < -0.4 is 5.32 Å². The number of hydrogen-bond acceptors (Lipinski definition) is 5. The van der Waals surface area contributed by atoms with Gasteiger partial charge in [0.25, 0.3) is 0 Å². The van der Waals surface area contributed by atoms with Crippen molar-refractivity contribution in [1.29, 1.82) is 0 Å². The number of carboxylic acid groups (broad SMARTS) is 1. The molecule has 1 atom stereocenters. The fourth-order valence-corrected chi connectivity index (χ4v) is 7.06. The number of aliphatic hydroxyl groups is 1. The third-order valence-electron chi connectivity index (χ3n) is 7.95. The van der Waals surface area contributed by atoms with Gasteiger partial charge in [0.05, 0.1) is 22.1 Å². The molecular weight excluding hydrogens is 581 g/mol. The van der Waals surface area contributed by atoms with E-state index in [1.165, 1.54) is 43.3 Å². The van der Waals surface area contributed by atoms with Gasteiger partial charge in [-0.15, -0.1) is 0 Å². The van der Waals surface area contributed by atoms with Crippen molar-refractivity contribution in [2.75, 3.05) is 20.1 Å². The SMILES string of the molecule is Cc1cc(-c2cc(C(F)(F)F)cc(S(=O)(=O)N(C)C[C@H](O)CNC(C)(C)CC3Cc4ccccc4C3)c2)ccc1C(=O)O. The maximum absolute atomic E-state index is 13.8. The minimum atomic E-state index is -4.83. The Labute approximate surface area is 250 Å². The number of aliphatic hydroxyl groups excluding tert-OH is 1. The summed E-state index contributed by atoms with van der Waals surface area (Å²) in [6.45, 7) is 5.32. The highest BCUT2D eigenvalue weighted by Crippen LogP contribution is 2.36. The van der Waals surface area contributed by atoms with E-state index in [1.807, 2.05) is 26.0 Å². The first-order chi connectivity index (χ1) is 20.0. The summed E-state index contributed by atoms with van der Waals surface area (Å²) in [5.41, 5.74) is 1.72. The highest BCUT2D eigenvalue weighted by molar-refractivity contribution is 7.89. The number of hydrogen-bond donors (Lipinski definition) is 3. The van der Waals surface area contributed by atoms with Crippen LogP contribution >= 0.6 is 0 Å². The van der Waals surface area contributed by atoms with Crippen LogP contribution in [0.15, 0.2) is 65.6 Å². The topological polar surface area (TPSA) is 107 Å². The second-order valence-electron chi connectivity index (χ2n) is 12.0. The summed E-state index contributed by atoms with van der Waals surface area (Å²) in [4.78, 5) is 10.8. The van der Waals surface area contributed by atoms with E-state index in [-0.39, 0.29) is 35.3 Å². The maximum atomic E-state index is 13.8. The van der Waals surface area contributed by atoms with Gasteiger partial charge in [0, 0.05) is 25.7 Å². The molecule has 4 rings (SSSR count). The number of fused-ring (bicyclic) bond motifs is 1. The van der Waals surface area contributed by atoms with E-state index in [0.717, 1.165) is 35.7 Å². The fourth-order valence-electron chi connectivity index (χ4n) is 5.78. The molecule has 0 radical (unpaired) electrons. The molecule has 0 spiro atoms. The van der Waals surface area contributed by atoms with Crippen molar-refractivity contribution in [2.45, 2.75) is 62.7 Å². The number of carbonyl (C=O) groups is 1. The molecule has 232 valence electrons. The van der Waals surface area contributed by atoms with E-state index in [4.69, 9.17) is 0 Å². The lowest BCUT2D eigenvalue weighted by Crippen LogP contribution is -2.47. The van der Waals surface area contributed by atoms with Crippen molar-refractivity contribution in [3.63, 3.8) is 0 Å². The van der Waals surface area contributed by atoms with Gasteiger partial charge in [-0.1, -0.05) is 36.4 Å². The van der Waals surface area contributed by atoms with E-state index in [0.29, 0.717) is 17.5 Å². The Bertz CT molecular complexity index is 1580. The van der Waals surface area contributed by atoms with Crippen molar-refractivity contribution in [1.82, 2.24) is 9.62 Å². The molecule has 3 N–H and O–H groups in total. The summed E-state index contributed by atoms with van der Waals surface area (Å²) >= 11 is 0. The first-order valence-electron chi connectivity index (χ1n) is 14.0. The van der Waals surface area contributed by atoms with E-state index < -0.39 is 38.7 Å². The summed E-state index contributed by atoms with van der Waals surface area (Å²) in [5, 5.41) is 23.3. The zero-order valence-corrected chi connectivity index (χ0v) is 25.4. The van der Waals surface area contributed by atoms with Crippen molar-refractivity contribution < 1.29 is 36.6 Å². The van der Waals surface area contributed by atoms with Crippen LogP contribution in [0.4, 0.5) is 13.2 Å². The number of nitrogens with one attached hydrogen (secondary N) is 1. The van der Waals surface area contributed by atoms with Gasteiger partial charge >= 0.3 is 12.1 Å². The van der Waals surface area contributed by atoms with Crippen LogP contribution in [-0.4, -0.2) is 60.7 Å². The average molecular weight is 619 g/mol. The molecule has 0 heterocycles. The Morgan fingerprint density at radius 2 is 1.65 bits per heavy atom. The monoisotopic (exact) mass is 618 g/mol. The van der Waals surface area contributed by atoms with Crippen LogP contribution in [0.5, 0.6) is 0 Å². The highest BCUT2D eigenvalue weighted by atomic mass is 32.2. The molecule has 11 heteroatoms. The third-order valence-corrected chi connectivity index (χ3v) is 9.75. The number of carboxylic acids is 1. The van der Waals surface area contributed by atoms with Crippen molar-refractivity contribution >= 4 is 16.0 Å². The molecule has 3 aromatic carbocycles. The molecule has 0 bridgehead atoms. The summed E-state index contributed by atoms with van der Waals surface area (Å²) in [6, 6.07) is 14.9. The van der Waals surface area contributed by atoms with Gasteiger partial charge < -0.3 is 15.5 Å². The van der Waals surface area contributed by atoms with Gasteiger partial charge in [-0.2, -0.15) is 17.5 Å². The van der Waals surface area contributed by atoms with Crippen LogP contribution in [0.2, 0.25) is 0 Å². The van der Waals surface area contributed by atoms with Crippen LogP contribution in [0.1, 0.15) is 52.9 Å². The van der Waals surface area contributed by atoms with Crippen molar-refractivity contribution in [3.8, 4) is 11.1 Å². The summed E-state index contributed by atoms with van der Waals surface area (Å²) in [6.07, 6.45) is -3.14. The predicted octanol–water partition coefficient (Wildman–Crippen LogP) is 5.53. The molecule has 0 aromatic heterocycles. The molecule has 1 aliphatic carbocycles. The minimum Gasteiger partial charge on any atom is -0.478 e. The Morgan fingerprint density at radius 1 is 1.02 bits per heavy atom. The molecule has 3 aromatic rings. The number of β-amino-alcohol motifs (C(OH)–C–C–N with tert-alkyl or cyclic N) is 1. The smallest absolute Gasteiger partial charge is 0.416 e. The second-order valence-corrected chi connectivity index (χ2v) is 14.1. The third kappa shape index (κ3) is 7.83. The quantitative estimate of drug-likeness (QED) is 0.261. The predicted molar refractivity (Wildman–Crippen MR) is 158 cm³/mol. The zero-order chi connectivity index (χ0) is 31.7. The van der Waals surface area contributed by atoms with Gasteiger partial charge in [-0.3, -0.25) is 0 Å². The first kappa shape index (κ1) is 32.7. The molecule has 43 heavy (non-hydrogen) atoms. The lowest BCUT2D eigenvalue weighted by Gasteiger charge is -2.31. The largest absolute Gasteiger partial charge is 0.478 e. The molecule has 0 saturated carbocycles. The highest BCUT2D eigenvalue weighted by Gasteiger charge is 2.34. The van der Waals surface area contributed by atoms with Gasteiger partial charge in [0.2, 0.25) is 10.0 Å². The van der Waals surface area contributed by atoms with Crippen LogP contribution in [-0.2, 0) is 29.0 Å². The molecule has 0 aliphatic heterocycles. The van der Waals surface area contributed by atoms with E-state index >= 15 is 0 Å². The number of alkyl halides is 3. The number of rotatable bonds is 11. The lowest BCUT2D eigenvalue weighted by atomic mass is 9.88. The van der Waals surface area contributed by atoms with Crippen molar-refractivity contribution in [2.24, 2.45) is 5.92 Å². The number of aryl methyl sites for hydroxylation is 1. The number of nitrogens with zero attached hydrogens (tertiary/aromatic N) is 1. The van der Waals surface area contributed by atoms with Crippen LogP contribution in [0.3, 0.4) is 0 Å². The molecule has 0 saturated heterocycles. The normalized spacial score (nSPS) is 15.1. The Hall–Kier alpha value is -3.25. The van der Waals surface area contributed by atoms with Gasteiger partial charge in [-0.25, -0.2) is 13.2 Å². The van der Waals surface area contributed by atoms with E-state index in [1.54, 1.807) is 0 Å². The molecule has 0 fully saturated rings. The van der Waals surface area contributed by atoms with Gasteiger partial charge in [0.1, 0.15) is 0 Å². The van der Waals surface area contributed by atoms with Crippen LogP contribution in [0, 0.1) is 12.8 Å². The number of halogens is 3. The molecule has 7 nitrogen and oxygen atoms in total. The number of aromatic carboxylic acids is 1. The zero-order valence-electron chi connectivity index (χ0n) is 24.6. The first-order valence-corrected chi connectivity index (χ1v) is 15.4. The molecule has 0 amide bonds. The van der Waals surface area contributed by atoms with E-state index in [2.05, 4.69) is 17.4 Å². The summed E-state index contributed by atoms with van der Waals surface area (Å²) < 4.78 is 69.1. The molecule has 1 aliphatic rings. The lowest BCUT2D eigenvalue weighted by molar-refractivity contribution is -0.137. The van der Waals surface area contributed by atoms with Crippen LogP contribution in [0.25, 0.3) is 11.1 Å². The summed E-state index contributed by atoms with van der Waals surface area (Å²) in [7, 11) is -3.22.